The maximum atomic E-state index is 13.5. The Bertz CT molecular complexity index is 1440. The lowest BCUT2D eigenvalue weighted by Crippen LogP contribution is -2.17. The third-order valence-corrected chi connectivity index (χ3v) is 5.36. The molecule has 2 N–H and O–H groups in total. The lowest BCUT2D eigenvalue weighted by molar-refractivity contribution is -0.137. The SMILES string of the molecule is COC(=O)c1cn(-c2cc(C(=O)Nc3cc(C(F)(F)F)cc(NS(C)(=O)=O)c3OC)ccc2C)nn1. The quantitative estimate of drug-likeness (QED) is 0.447. The molecule has 0 atom stereocenters. The number of carbonyl (C=O) groups is 2. The number of ether oxygens (including phenoxy) is 2. The van der Waals surface area contributed by atoms with E-state index in [4.69, 9.17) is 4.74 Å². The van der Waals surface area contributed by atoms with E-state index in [9.17, 15) is 31.2 Å². The van der Waals surface area contributed by atoms with Crippen LogP contribution in [0.1, 0.15) is 32.0 Å². The van der Waals surface area contributed by atoms with E-state index < -0.39 is 45.0 Å². The molecular weight excluding hydrogens is 507 g/mol. The number of alkyl halides is 3. The molecule has 1 aromatic heterocycles. The van der Waals surface area contributed by atoms with Gasteiger partial charge in [-0.05, 0) is 36.8 Å². The summed E-state index contributed by atoms with van der Waals surface area (Å²) in [6.45, 7) is 1.70. The third kappa shape index (κ3) is 5.91. The van der Waals surface area contributed by atoms with E-state index >= 15 is 0 Å². The van der Waals surface area contributed by atoms with Gasteiger partial charge in [0.1, 0.15) is 0 Å². The van der Waals surface area contributed by atoms with E-state index in [0.29, 0.717) is 23.4 Å². The number of rotatable bonds is 7. The molecule has 1 heterocycles. The second-order valence-electron chi connectivity index (χ2n) is 7.47. The average molecular weight is 527 g/mol. The molecule has 3 aromatic rings. The van der Waals surface area contributed by atoms with Gasteiger partial charge in [-0.25, -0.2) is 17.9 Å². The zero-order valence-corrected chi connectivity index (χ0v) is 20.1. The third-order valence-electron chi connectivity index (χ3n) is 4.77. The fourth-order valence-corrected chi connectivity index (χ4v) is 3.70. The molecular formula is C21H20F3N5O6S. The van der Waals surface area contributed by atoms with Crippen LogP contribution >= 0.6 is 0 Å². The number of esters is 1. The topological polar surface area (TPSA) is 142 Å². The van der Waals surface area contributed by atoms with Crippen molar-refractivity contribution >= 4 is 33.3 Å². The number of carbonyl (C=O) groups excluding carboxylic acids is 2. The van der Waals surface area contributed by atoms with Gasteiger partial charge in [-0.15, -0.1) is 5.10 Å². The van der Waals surface area contributed by atoms with Gasteiger partial charge in [-0.3, -0.25) is 9.52 Å². The van der Waals surface area contributed by atoms with Crippen LogP contribution in [0, 0.1) is 6.92 Å². The molecule has 192 valence electrons. The van der Waals surface area contributed by atoms with E-state index in [-0.39, 0.29) is 17.0 Å². The van der Waals surface area contributed by atoms with Gasteiger partial charge < -0.3 is 14.8 Å². The minimum absolute atomic E-state index is 0.0165. The van der Waals surface area contributed by atoms with Gasteiger partial charge in [-0.2, -0.15) is 13.2 Å². The van der Waals surface area contributed by atoms with E-state index in [1.165, 1.54) is 30.1 Å². The molecule has 36 heavy (non-hydrogen) atoms. The normalized spacial score (nSPS) is 11.6. The van der Waals surface area contributed by atoms with Crippen LogP contribution < -0.4 is 14.8 Å². The standard InChI is InChI=1S/C21H20F3N5O6S/c1-11-5-6-12(7-17(11)29-10-16(26-28-29)20(31)35-3)19(30)25-14-8-13(21(22,23)24)9-15(18(14)34-2)27-36(4,32)33/h5-10,27H,1-4H3,(H,25,30). The van der Waals surface area contributed by atoms with Gasteiger partial charge in [0.05, 0.1) is 49.3 Å². The number of methoxy groups -OCH3 is 2. The number of halogens is 3. The molecule has 0 bridgehead atoms. The summed E-state index contributed by atoms with van der Waals surface area (Å²) in [6, 6.07) is 5.55. The second kappa shape index (κ2) is 9.85. The van der Waals surface area contributed by atoms with Crippen LogP contribution in [0.3, 0.4) is 0 Å². The number of benzene rings is 2. The molecule has 0 saturated heterocycles. The Labute approximate surface area is 203 Å². The van der Waals surface area contributed by atoms with Crippen LogP contribution in [-0.2, 0) is 20.9 Å². The zero-order chi connectivity index (χ0) is 26.8. The summed E-state index contributed by atoms with van der Waals surface area (Å²) >= 11 is 0. The minimum atomic E-state index is -4.85. The molecule has 11 nitrogen and oxygen atoms in total. The Morgan fingerprint density at radius 3 is 2.33 bits per heavy atom. The summed E-state index contributed by atoms with van der Waals surface area (Å²) in [5, 5.41) is 9.87. The van der Waals surface area contributed by atoms with E-state index in [0.717, 1.165) is 13.4 Å². The number of sulfonamides is 1. The molecule has 0 unspecified atom stereocenters. The first-order chi connectivity index (χ1) is 16.7. The van der Waals surface area contributed by atoms with Crippen LogP contribution in [0.25, 0.3) is 5.69 Å². The Hall–Kier alpha value is -4.14. The number of hydrogen-bond donors (Lipinski definition) is 2. The van der Waals surface area contributed by atoms with Crippen molar-refractivity contribution in [1.82, 2.24) is 15.0 Å². The van der Waals surface area contributed by atoms with Crippen molar-refractivity contribution in [2.45, 2.75) is 13.1 Å². The highest BCUT2D eigenvalue weighted by atomic mass is 32.2. The van der Waals surface area contributed by atoms with Crippen molar-refractivity contribution in [1.29, 1.82) is 0 Å². The fraction of sp³-hybridized carbons (Fsp3) is 0.238. The molecule has 0 fully saturated rings. The number of nitrogens with one attached hydrogen (secondary N) is 2. The van der Waals surface area contributed by atoms with E-state index in [1.54, 1.807) is 13.0 Å². The largest absolute Gasteiger partial charge is 0.492 e. The molecule has 0 aliphatic rings. The summed E-state index contributed by atoms with van der Waals surface area (Å²) in [4.78, 5) is 24.6. The van der Waals surface area contributed by atoms with Crippen molar-refractivity contribution in [2.75, 3.05) is 30.5 Å². The van der Waals surface area contributed by atoms with E-state index in [2.05, 4.69) is 20.4 Å². The summed E-state index contributed by atoms with van der Waals surface area (Å²) in [5.41, 5.74) is -1.20. The monoisotopic (exact) mass is 527 g/mol. The number of aryl methyl sites for hydroxylation is 1. The summed E-state index contributed by atoms with van der Waals surface area (Å²) < 4.78 is 76.6. The van der Waals surface area contributed by atoms with Crippen molar-refractivity contribution in [3.8, 4) is 11.4 Å². The fourth-order valence-electron chi connectivity index (χ4n) is 3.15. The van der Waals surface area contributed by atoms with Crippen molar-refractivity contribution in [3.05, 3.63) is 58.9 Å². The van der Waals surface area contributed by atoms with E-state index in [1.807, 2.05) is 4.72 Å². The highest BCUT2D eigenvalue weighted by Gasteiger charge is 2.33. The Balaban J connectivity index is 2.03. The van der Waals surface area contributed by atoms with Crippen LogP contribution in [0.5, 0.6) is 5.75 Å². The molecule has 1 amide bonds. The molecule has 0 spiro atoms. The Morgan fingerprint density at radius 1 is 1.08 bits per heavy atom. The van der Waals surface area contributed by atoms with Crippen LogP contribution in [0.15, 0.2) is 36.5 Å². The molecule has 0 aliphatic heterocycles. The molecule has 0 saturated carbocycles. The van der Waals surface area contributed by atoms with Crippen molar-refractivity contribution in [2.24, 2.45) is 0 Å². The highest BCUT2D eigenvalue weighted by molar-refractivity contribution is 7.92. The highest BCUT2D eigenvalue weighted by Crippen LogP contribution is 2.41. The summed E-state index contributed by atoms with van der Waals surface area (Å²) in [5.74, 6) is -1.87. The average Bonchev–Trinajstić information content (AvgIpc) is 3.27. The number of nitrogens with zero attached hydrogens (tertiary/aromatic N) is 3. The van der Waals surface area contributed by atoms with Gasteiger partial charge in [-0.1, -0.05) is 11.3 Å². The first-order valence-electron chi connectivity index (χ1n) is 9.93. The van der Waals surface area contributed by atoms with Crippen LogP contribution in [0.2, 0.25) is 0 Å². The lowest BCUT2D eigenvalue weighted by atomic mass is 10.1. The predicted molar refractivity (Wildman–Crippen MR) is 122 cm³/mol. The van der Waals surface area contributed by atoms with Gasteiger partial charge in [0.25, 0.3) is 5.91 Å². The molecule has 0 radical (unpaired) electrons. The van der Waals surface area contributed by atoms with Gasteiger partial charge >= 0.3 is 12.1 Å². The lowest BCUT2D eigenvalue weighted by Gasteiger charge is -2.18. The molecule has 15 heteroatoms. The number of amides is 1. The molecule has 2 aromatic carbocycles. The van der Waals surface area contributed by atoms with Gasteiger partial charge in [0.2, 0.25) is 10.0 Å². The summed E-state index contributed by atoms with van der Waals surface area (Å²) in [7, 11) is -1.69. The van der Waals surface area contributed by atoms with Gasteiger partial charge in [0.15, 0.2) is 11.4 Å². The smallest absolute Gasteiger partial charge is 0.416 e. The zero-order valence-electron chi connectivity index (χ0n) is 19.3. The van der Waals surface area contributed by atoms with Crippen LogP contribution in [-0.4, -0.2) is 55.8 Å². The Morgan fingerprint density at radius 2 is 1.75 bits per heavy atom. The Kier molecular flexibility index (Phi) is 7.24. The summed E-state index contributed by atoms with van der Waals surface area (Å²) in [6.07, 6.45) is -2.80. The van der Waals surface area contributed by atoms with Crippen molar-refractivity contribution in [3.63, 3.8) is 0 Å². The van der Waals surface area contributed by atoms with Crippen LogP contribution in [0.4, 0.5) is 24.5 Å². The molecule has 3 rings (SSSR count). The second-order valence-corrected chi connectivity index (χ2v) is 9.22. The maximum Gasteiger partial charge on any atom is 0.416 e. The minimum Gasteiger partial charge on any atom is -0.492 e. The number of aromatic nitrogens is 3. The maximum absolute atomic E-state index is 13.5. The first-order valence-corrected chi connectivity index (χ1v) is 11.8. The number of hydrogen-bond acceptors (Lipinski definition) is 8. The van der Waals surface area contributed by atoms with Crippen molar-refractivity contribution < 1.29 is 40.7 Å². The first kappa shape index (κ1) is 26.5. The number of anilines is 2. The predicted octanol–water partition coefficient (Wildman–Crippen LogP) is 3.01. The molecule has 0 aliphatic carbocycles. The van der Waals surface area contributed by atoms with Gasteiger partial charge in [0, 0.05) is 5.56 Å².